The van der Waals surface area contributed by atoms with E-state index in [2.05, 4.69) is 36.4 Å². The Morgan fingerprint density at radius 1 is 1.32 bits per heavy atom. The molecule has 0 saturated heterocycles. The topological polar surface area (TPSA) is 46.9 Å². The maximum atomic E-state index is 11.9. The van der Waals surface area contributed by atoms with Crippen LogP contribution in [0.1, 0.15) is 44.2 Å². The van der Waals surface area contributed by atoms with Crippen molar-refractivity contribution in [1.29, 1.82) is 0 Å². The number of nitrogens with zero attached hydrogens (tertiary/aromatic N) is 2. The van der Waals surface area contributed by atoms with Gasteiger partial charge in [0.05, 0.1) is 6.20 Å². The Morgan fingerprint density at radius 2 is 2.05 bits per heavy atom. The second kappa shape index (κ2) is 7.59. The van der Waals surface area contributed by atoms with E-state index in [0.717, 1.165) is 24.2 Å². The van der Waals surface area contributed by atoms with E-state index in [-0.39, 0.29) is 5.91 Å². The van der Waals surface area contributed by atoms with Crippen molar-refractivity contribution < 1.29 is 4.79 Å². The molecule has 1 aromatic heterocycles. The van der Waals surface area contributed by atoms with E-state index in [1.807, 2.05) is 29.9 Å². The first-order valence-corrected chi connectivity index (χ1v) is 7.73. The third kappa shape index (κ3) is 4.32. The number of nitrogens with one attached hydrogen (secondary N) is 1. The van der Waals surface area contributed by atoms with E-state index in [1.54, 1.807) is 12.3 Å². The number of carbonyl (C=O) groups is 1. The Balaban J connectivity index is 1.94. The molecule has 0 aliphatic heterocycles. The van der Waals surface area contributed by atoms with Gasteiger partial charge in [-0.3, -0.25) is 9.48 Å². The summed E-state index contributed by atoms with van der Waals surface area (Å²) in [5.41, 5.74) is 3.03. The van der Waals surface area contributed by atoms with Gasteiger partial charge in [-0.05, 0) is 43.0 Å². The van der Waals surface area contributed by atoms with Crippen molar-refractivity contribution in [2.24, 2.45) is 0 Å². The molecule has 0 unspecified atom stereocenters. The number of amides is 1. The summed E-state index contributed by atoms with van der Waals surface area (Å²) >= 11 is 0. The first-order valence-electron chi connectivity index (χ1n) is 7.73. The zero-order valence-electron chi connectivity index (χ0n) is 13.4. The molecule has 0 saturated carbocycles. The van der Waals surface area contributed by atoms with Crippen LogP contribution in [0.4, 0.5) is 5.69 Å². The summed E-state index contributed by atoms with van der Waals surface area (Å²) in [6.07, 6.45) is 8.06. The molecule has 1 N–H and O–H groups in total. The summed E-state index contributed by atoms with van der Waals surface area (Å²) in [6, 6.07) is 8.03. The second-order valence-electron chi connectivity index (χ2n) is 5.38. The number of carbonyl (C=O) groups excluding carboxylic acids is 1. The van der Waals surface area contributed by atoms with E-state index in [4.69, 9.17) is 0 Å². The number of hydrogen-bond acceptors (Lipinski definition) is 2. The van der Waals surface area contributed by atoms with Gasteiger partial charge in [0.1, 0.15) is 0 Å². The summed E-state index contributed by atoms with van der Waals surface area (Å²) < 4.78 is 1.82. The lowest BCUT2D eigenvalue weighted by Gasteiger charge is -2.09. The molecule has 0 aliphatic carbocycles. The highest BCUT2D eigenvalue weighted by Gasteiger charge is 2.03. The smallest absolute Gasteiger partial charge is 0.248 e. The Morgan fingerprint density at radius 3 is 2.64 bits per heavy atom. The summed E-state index contributed by atoms with van der Waals surface area (Å²) in [5, 5.41) is 7.03. The first-order chi connectivity index (χ1) is 10.6. The number of aryl methyl sites for hydroxylation is 1. The Kier molecular flexibility index (Phi) is 5.53. The van der Waals surface area contributed by atoms with Gasteiger partial charge in [-0.2, -0.15) is 5.10 Å². The molecule has 2 rings (SSSR count). The fraction of sp³-hybridized carbons (Fsp3) is 0.333. The first kappa shape index (κ1) is 16.0. The lowest BCUT2D eigenvalue weighted by Crippen LogP contribution is -2.07. The quantitative estimate of drug-likeness (QED) is 0.817. The van der Waals surface area contributed by atoms with Crippen LogP contribution in [0.2, 0.25) is 0 Å². The van der Waals surface area contributed by atoms with Crippen LogP contribution < -0.4 is 5.32 Å². The van der Waals surface area contributed by atoms with Gasteiger partial charge < -0.3 is 5.32 Å². The molecular weight excluding hydrogens is 274 g/mol. The van der Waals surface area contributed by atoms with Crippen molar-refractivity contribution in [2.45, 2.75) is 39.7 Å². The maximum Gasteiger partial charge on any atom is 0.248 e. The molecule has 0 aliphatic rings. The van der Waals surface area contributed by atoms with Crippen LogP contribution in [0.5, 0.6) is 0 Å². The number of hydrogen-bond donors (Lipinski definition) is 1. The predicted molar refractivity (Wildman–Crippen MR) is 90.7 cm³/mol. The fourth-order valence-corrected chi connectivity index (χ4v) is 2.13. The van der Waals surface area contributed by atoms with Gasteiger partial charge in [-0.25, -0.2) is 0 Å². The van der Waals surface area contributed by atoms with Crippen molar-refractivity contribution in [1.82, 2.24) is 9.78 Å². The summed E-state index contributed by atoms with van der Waals surface area (Å²) in [6.45, 7) is 7.22. The molecule has 22 heavy (non-hydrogen) atoms. The molecule has 0 spiro atoms. The van der Waals surface area contributed by atoms with E-state index in [9.17, 15) is 4.79 Å². The largest absolute Gasteiger partial charge is 0.323 e. The average molecular weight is 297 g/mol. The zero-order chi connectivity index (χ0) is 15.9. The van der Waals surface area contributed by atoms with E-state index in [1.165, 1.54) is 11.6 Å². The van der Waals surface area contributed by atoms with E-state index < -0.39 is 0 Å². The number of rotatable bonds is 6. The van der Waals surface area contributed by atoms with Crippen LogP contribution in [-0.4, -0.2) is 15.7 Å². The molecule has 4 nitrogen and oxygen atoms in total. The van der Waals surface area contributed by atoms with Gasteiger partial charge in [0.2, 0.25) is 5.91 Å². The van der Waals surface area contributed by atoms with Crippen LogP contribution in [-0.2, 0) is 11.3 Å². The molecule has 4 heteroatoms. The SMILES string of the molecule is CC[C@H](C)c1ccc(NC(=O)/C=C/c2cnn(CC)c2)cc1. The minimum atomic E-state index is -0.138. The molecule has 1 heterocycles. The Labute approximate surface area is 131 Å². The van der Waals surface area contributed by atoms with E-state index >= 15 is 0 Å². The Bertz CT molecular complexity index is 641. The summed E-state index contributed by atoms with van der Waals surface area (Å²) in [5.74, 6) is 0.403. The average Bonchev–Trinajstić information content (AvgIpc) is 3.01. The second-order valence-corrected chi connectivity index (χ2v) is 5.38. The molecule has 1 aromatic carbocycles. The van der Waals surface area contributed by atoms with Crippen molar-refractivity contribution >= 4 is 17.7 Å². The van der Waals surface area contributed by atoms with Crippen molar-refractivity contribution in [2.75, 3.05) is 5.32 Å². The molecule has 1 amide bonds. The third-order valence-electron chi connectivity index (χ3n) is 3.76. The highest BCUT2D eigenvalue weighted by molar-refractivity contribution is 6.01. The minimum absolute atomic E-state index is 0.138. The molecule has 0 radical (unpaired) electrons. The molecule has 0 bridgehead atoms. The molecular formula is C18H23N3O. The molecule has 2 aromatic rings. The van der Waals surface area contributed by atoms with Crippen LogP contribution in [0.3, 0.4) is 0 Å². The number of anilines is 1. The van der Waals surface area contributed by atoms with Gasteiger partial charge >= 0.3 is 0 Å². The van der Waals surface area contributed by atoms with Gasteiger partial charge in [0.15, 0.2) is 0 Å². The van der Waals surface area contributed by atoms with Gasteiger partial charge in [-0.1, -0.05) is 26.0 Å². The predicted octanol–water partition coefficient (Wildman–Crippen LogP) is 4.07. The zero-order valence-corrected chi connectivity index (χ0v) is 13.4. The molecule has 1 atom stereocenters. The van der Waals surface area contributed by atoms with Crippen LogP contribution in [0.15, 0.2) is 42.7 Å². The van der Waals surface area contributed by atoms with E-state index in [0.29, 0.717) is 5.92 Å². The lowest BCUT2D eigenvalue weighted by molar-refractivity contribution is -0.111. The van der Waals surface area contributed by atoms with Crippen molar-refractivity contribution in [3.63, 3.8) is 0 Å². The molecule has 116 valence electrons. The minimum Gasteiger partial charge on any atom is -0.323 e. The van der Waals surface area contributed by atoms with Crippen LogP contribution >= 0.6 is 0 Å². The molecule has 0 fully saturated rings. The van der Waals surface area contributed by atoms with Gasteiger partial charge in [0.25, 0.3) is 0 Å². The Hall–Kier alpha value is -2.36. The summed E-state index contributed by atoms with van der Waals surface area (Å²) in [7, 11) is 0. The fourth-order valence-electron chi connectivity index (χ4n) is 2.13. The number of aromatic nitrogens is 2. The highest BCUT2D eigenvalue weighted by Crippen LogP contribution is 2.20. The lowest BCUT2D eigenvalue weighted by atomic mass is 9.99. The highest BCUT2D eigenvalue weighted by atomic mass is 16.1. The van der Waals surface area contributed by atoms with Crippen LogP contribution in [0.25, 0.3) is 6.08 Å². The monoisotopic (exact) mass is 297 g/mol. The third-order valence-corrected chi connectivity index (χ3v) is 3.76. The van der Waals surface area contributed by atoms with Crippen LogP contribution in [0, 0.1) is 0 Å². The van der Waals surface area contributed by atoms with Crippen molar-refractivity contribution in [3.8, 4) is 0 Å². The summed E-state index contributed by atoms with van der Waals surface area (Å²) in [4.78, 5) is 11.9. The normalized spacial score (nSPS) is 12.5. The van der Waals surface area contributed by atoms with Gasteiger partial charge in [0, 0.05) is 30.1 Å². The standard InChI is InChI=1S/C18H23N3O/c1-4-14(3)16-7-9-17(10-8-16)20-18(22)11-6-15-12-19-21(5-2)13-15/h6-14H,4-5H2,1-3H3,(H,20,22)/b11-6+/t14-/m0/s1. The maximum absolute atomic E-state index is 11.9. The number of benzene rings is 1. The van der Waals surface area contributed by atoms with Gasteiger partial charge in [-0.15, -0.1) is 0 Å². The van der Waals surface area contributed by atoms with Crippen molar-refractivity contribution in [3.05, 3.63) is 53.9 Å².